The first-order valence-corrected chi connectivity index (χ1v) is 7.38. The van der Waals surface area contributed by atoms with Crippen LogP contribution in [0, 0.1) is 10.1 Å². The van der Waals surface area contributed by atoms with Crippen LogP contribution in [0.1, 0.15) is 12.8 Å². The van der Waals surface area contributed by atoms with Crippen molar-refractivity contribution < 1.29 is 14.8 Å². The molecule has 1 amide bonds. The molecule has 7 heteroatoms. The van der Waals surface area contributed by atoms with Gasteiger partial charge in [0, 0.05) is 23.6 Å². The van der Waals surface area contributed by atoms with Crippen LogP contribution in [-0.2, 0) is 4.79 Å². The van der Waals surface area contributed by atoms with Crippen LogP contribution >= 0.6 is 11.8 Å². The monoisotopic (exact) mass is 296 g/mol. The first-order valence-electron chi connectivity index (χ1n) is 6.39. The number of nitro groups is 1. The van der Waals surface area contributed by atoms with Gasteiger partial charge < -0.3 is 10.0 Å². The Morgan fingerprint density at radius 3 is 2.75 bits per heavy atom. The van der Waals surface area contributed by atoms with E-state index in [2.05, 4.69) is 0 Å². The molecule has 2 rings (SSSR count). The molecule has 20 heavy (non-hydrogen) atoms. The Bertz CT molecular complexity index is 492. The lowest BCUT2D eigenvalue weighted by atomic mass is 10.2. The zero-order chi connectivity index (χ0) is 14.5. The molecule has 1 aliphatic rings. The first kappa shape index (κ1) is 14.8. The predicted molar refractivity (Wildman–Crippen MR) is 75.6 cm³/mol. The van der Waals surface area contributed by atoms with Crippen LogP contribution in [0.5, 0.6) is 0 Å². The molecule has 0 saturated carbocycles. The Morgan fingerprint density at radius 2 is 2.15 bits per heavy atom. The van der Waals surface area contributed by atoms with E-state index in [-0.39, 0.29) is 30.0 Å². The number of benzene rings is 1. The van der Waals surface area contributed by atoms with Gasteiger partial charge in [-0.05, 0) is 25.0 Å². The fourth-order valence-electron chi connectivity index (χ4n) is 2.25. The number of nitro benzene ring substituents is 1. The number of aliphatic hydroxyl groups excluding tert-OH is 1. The molecule has 0 bridgehead atoms. The van der Waals surface area contributed by atoms with Crippen LogP contribution in [-0.4, -0.2) is 45.8 Å². The number of nitrogens with zero attached hydrogens (tertiary/aromatic N) is 2. The van der Waals surface area contributed by atoms with Gasteiger partial charge in [0.2, 0.25) is 5.91 Å². The van der Waals surface area contributed by atoms with Crippen LogP contribution in [0.3, 0.4) is 0 Å². The van der Waals surface area contributed by atoms with E-state index in [1.807, 2.05) is 0 Å². The van der Waals surface area contributed by atoms with Crippen molar-refractivity contribution in [3.8, 4) is 0 Å². The predicted octanol–water partition coefficient (Wildman–Crippen LogP) is 1.67. The molecule has 0 aliphatic carbocycles. The topological polar surface area (TPSA) is 83.7 Å². The molecule has 1 aromatic carbocycles. The summed E-state index contributed by atoms with van der Waals surface area (Å²) in [4.78, 5) is 24.7. The molecule has 0 spiro atoms. The zero-order valence-electron chi connectivity index (χ0n) is 10.9. The lowest BCUT2D eigenvalue weighted by Gasteiger charge is -2.22. The summed E-state index contributed by atoms with van der Waals surface area (Å²) < 4.78 is 0. The molecule has 0 aromatic heterocycles. The minimum Gasteiger partial charge on any atom is -0.394 e. The minimum absolute atomic E-state index is 0.00454. The second-order valence-corrected chi connectivity index (χ2v) is 5.65. The molecular weight excluding hydrogens is 280 g/mol. The number of carbonyl (C=O) groups is 1. The highest BCUT2D eigenvalue weighted by atomic mass is 32.2. The van der Waals surface area contributed by atoms with E-state index in [0.717, 1.165) is 17.7 Å². The Hall–Kier alpha value is -1.60. The summed E-state index contributed by atoms with van der Waals surface area (Å²) in [5.74, 6) is 0.291. The fraction of sp³-hybridized carbons (Fsp3) is 0.462. The Labute approximate surface area is 120 Å². The van der Waals surface area contributed by atoms with Gasteiger partial charge in [0.1, 0.15) is 0 Å². The van der Waals surface area contributed by atoms with Crippen molar-refractivity contribution in [1.82, 2.24) is 4.90 Å². The van der Waals surface area contributed by atoms with Gasteiger partial charge in [-0.1, -0.05) is 0 Å². The number of carbonyl (C=O) groups excluding carboxylic acids is 1. The molecule has 1 atom stereocenters. The number of rotatable bonds is 5. The highest BCUT2D eigenvalue weighted by Gasteiger charge is 2.27. The highest BCUT2D eigenvalue weighted by Crippen LogP contribution is 2.23. The average Bonchev–Trinajstić information content (AvgIpc) is 2.93. The van der Waals surface area contributed by atoms with E-state index in [0.29, 0.717) is 6.54 Å². The summed E-state index contributed by atoms with van der Waals surface area (Å²) in [6.07, 6.45) is 1.78. The second kappa shape index (κ2) is 6.71. The first-order chi connectivity index (χ1) is 9.61. The summed E-state index contributed by atoms with van der Waals surface area (Å²) in [5.41, 5.74) is 0.0422. The number of likely N-dealkylation sites (tertiary alicyclic amines) is 1. The van der Waals surface area contributed by atoms with Gasteiger partial charge in [0.25, 0.3) is 5.69 Å². The van der Waals surface area contributed by atoms with Crippen molar-refractivity contribution in [2.45, 2.75) is 23.8 Å². The fourth-order valence-corrected chi connectivity index (χ4v) is 3.03. The number of thioether (sulfide) groups is 1. The smallest absolute Gasteiger partial charge is 0.269 e. The molecule has 1 unspecified atom stereocenters. The maximum absolute atomic E-state index is 12.0. The van der Waals surface area contributed by atoms with Crippen LogP contribution in [0.2, 0.25) is 0 Å². The van der Waals surface area contributed by atoms with Crippen molar-refractivity contribution in [2.75, 3.05) is 18.9 Å². The SMILES string of the molecule is O=C(CSc1ccc([N+](=O)[O-])cc1)N1CCCC1CO. The highest BCUT2D eigenvalue weighted by molar-refractivity contribution is 8.00. The summed E-state index contributed by atoms with van der Waals surface area (Å²) in [6.45, 7) is 0.707. The molecule has 108 valence electrons. The molecule has 1 saturated heterocycles. The van der Waals surface area contributed by atoms with E-state index >= 15 is 0 Å². The molecule has 0 radical (unpaired) electrons. The molecule has 1 N–H and O–H groups in total. The Balaban J connectivity index is 1.88. The quantitative estimate of drug-likeness (QED) is 0.507. The van der Waals surface area contributed by atoms with Gasteiger partial charge in [0.15, 0.2) is 0 Å². The molecule has 1 aliphatic heterocycles. The zero-order valence-corrected chi connectivity index (χ0v) is 11.7. The summed E-state index contributed by atoms with van der Waals surface area (Å²) in [5, 5.41) is 19.7. The van der Waals surface area contributed by atoms with E-state index in [9.17, 15) is 20.0 Å². The number of hydrogen-bond donors (Lipinski definition) is 1. The van der Waals surface area contributed by atoms with Gasteiger partial charge in [-0.2, -0.15) is 0 Å². The van der Waals surface area contributed by atoms with Crippen LogP contribution in [0.4, 0.5) is 5.69 Å². The van der Waals surface area contributed by atoms with Gasteiger partial charge in [-0.15, -0.1) is 11.8 Å². The standard InChI is InChI=1S/C13H16N2O4S/c16-8-11-2-1-7-14(11)13(17)9-20-12-5-3-10(4-6-12)15(18)19/h3-6,11,16H,1-2,7-9H2. The van der Waals surface area contributed by atoms with Crippen molar-refractivity contribution >= 4 is 23.4 Å². The number of hydrogen-bond acceptors (Lipinski definition) is 5. The van der Waals surface area contributed by atoms with Crippen molar-refractivity contribution in [3.63, 3.8) is 0 Å². The maximum atomic E-state index is 12.0. The number of aliphatic hydroxyl groups is 1. The largest absolute Gasteiger partial charge is 0.394 e. The molecule has 1 fully saturated rings. The molecule has 6 nitrogen and oxygen atoms in total. The van der Waals surface area contributed by atoms with Crippen LogP contribution in [0.15, 0.2) is 29.2 Å². The molecular formula is C13H16N2O4S. The average molecular weight is 296 g/mol. The molecule has 1 aromatic rings. The number of non-ortho nitro benzene ring substituents is 1. The third kappa shape index (κ3) is 3.49. The van der Waals surface area contributed by atoms with Gasteiger partial charge >= 0.3 is 0 Å². The van der Waals surface area contributed by atoms with E-state index < -0.39 is 4.92 Å². The minimum atomic E-state index is -0.449. The second-order valence-electron chi connectivity index (χ2n) is 4.61. The van der Waals surface area contributed by atoms with Gasteiger partial charge in [0.05, 0.1) is 23.3 Å². The summed E-state index contributed by atoms with van der Waals surface area (Å²) >= 11 is 1.35. The number of amides is 1. The normalized spacial score (nSPS) is 18.2. The van der Waals surface area contributed by atoms with Crippen LogP contribution in [0.25, 0.3) is 0 Å². The lowest BCUT2D eigenvalue weighted by molar-refractivity contribution is -0.384. The lowest BCUT2D eigenvalue weighted by Crippen LogP contribution is -2.38. The van der Waals surface area contributed by atoms with Gasteiger partial charge in [-0.25, -0.2) is 0 Å². The van der Waals surface area contributed by atoms with E-state index in [1.54, 1.807) is 17.0 Å². The third-order valence-electron chi connectivity index (χ3n) is 3.32. The Morgan fingerprint density at radius 1 is 1.45 bits per heavy atom. The Kier molecular flexibility index (Phi) is 4.97. The molecule has 1 heterocycles. The van der Waals surface area contributed by atoms with Gasteiger partial charge in [-0.3, -0.25) is 14.9 Å². The summed E-state index contributed by atoms with van der Waals surface area (Å²) in [7, 11) is 0. The van der Waals surface area contributed by atoms with E-state index in [4.69, 9.17) is 0 Å². The van der Waals surface area contributed by atoms with Crippen molar-refractivity contribution in [3.05, 3.63) is 34.4 Å². The third-order valence-corrected chi connectivity index (χ3v) is 4.31. The van der Waals surface area contributed by atoms with E-state index in [1.165, 1.54) is 23.9 Å². The van der Waals surface area contributed by atoms with Crippen molar-refractivity contribution in [2.24, 2.45) is 0 Å². The maximum Gasteiger partial charge on any atom is 0.269 e. The van der Waals surface area contributed by atoms with Crippen molar-refractivity contribution in [1.29, 1.82) is 0 Å². The van der Waals surface area contributed by atoms with Crippen LogP contribution < -0.4 is 0 Å². The summed E-state index contributed by atoms with van der Waals surface area (Å²) in [6, 6.07) is 6.09.